The van der Waals surface area contributed by atoms with Gasteiger partial charge in [0.15, 0.2) is 0 Å². The Morgan fingerprint density at radius 2 is 1.21 bits per heavy atom. The third kappa shape index (κ3) is 2.01. The topological polar surface area (TPSA) is 20.5 Å². The van der Waals surface area contributed by atoms with Crippen LogP contribution in [0.25, 0.3) is 0 Å². The maximum absolute atomic E-state index is 6.51. The highest BCUT2D eigenvalue weighted by atomic mass is 16.5. The second-order valence-corrected chi connectivity index (χ2v) is 9.06. The van der Waals surface area contributed by atoms with Crippen LogP contribution in [-0.4, -0.2) is 18.0 Å². The second-order valence-electron chi connectivity index (χ2n) is 9.06. The van der Waals surface area contributed by atoms with Crippen LogP contribution >= 0.6 is 0 Å². The van der Waals surface area contributed by atoms with Gasteiger partial charge in [0, 0.05) is 13.8 Å². The molecule has 129 valence electrons. The van der Waals surface area contributed by atoms with Gasteiger partial charge in [0.05, 0.1) is 17.3 Å². The summed E-state index contributed by atoms with van der Waals surface area (Å²) in [4.78, 5) is 0. The molecule has 4 bridgehead atoms. The first kappa shape index (κ1) is 15.4. The van der Waals surface area contributed by atoms with Crippen LogP contribution in [0.5, 0.6) is 0 Å². The fourth-order valence-electron chi connectivity index (χ4n) is 6.14. The minimum absolute atomic E-state index is 0.258. The number of fused-ring (bicyclic) bond motifs is 8. The van der Waals surface area contributed by atoms with Gasteiger partial charge in [-0.1, -0.05) is 0 Å². The van der Waals surface area contributed by atoms with Crippen molar-refractivity contribution in [2.75, 3.05) is 0 Å². The van der Waals surface area contributed by atoms with E-state index in [4.69, 9.17) is 9.16 Å². The zero-order valence-electron chi connectivity index (χ0n) is 15.5. The predicted molar refractivity (Wildman–Crippen MR) is 95.3 cm³/mol. The fraction of sp³-hybridized carbons (Fsp3) is 0.727. The highest BCUT2D eigenvalue weighted by molar-refractivity contribution is 6.13. The molecule has 0 unspecified atom stereocenters. The molecule has 5 aliphatic carbocycles. The monoisotopic (exact) mass is 326 g/mol. The molecule has 0 amide bonds. The molecule has 1 radical (unpaired) electrons. The molecule has 0 aliphatic heterocycles. The van der Waals surface area contributed by atoms with Crippen molar-refractivity contribution in [2.24, 2.45) is 23.7 Å². The average Bonchev–Trinajstić information content (AvgIpc) is 3.27. The quantitative estimate of drug-likeness (QED) is 0.674. The summed E-state index contributed by atoms with van der Waals surface area (Å²) in [5, 5.41) is 0. The molecule has 5 aliphatic rings. The van der Waals surface area contributed by atoms with Crippen LogP contribution in [0.2, 0.25) is 0 Å². The van der Waals surface area contributed by atoms with Gasteiger partial charge < -0.3 is 4.74 Å². The van der Waals surface area contributed by atoms with E-state index in [-0.39, 0.29) is 12.2 Å². The summed E-state index contributed by atoms with van der Waals surface area (Å²) in [7, 11) is 0. The number of hydrogen-bond acceptors (Lipinski definition) is 1. The van der Waals surface area contributed by atoms with Crippen LogP contribution in [0.3, 0.4) is 0 Å². The molecule has 2 nitrogen and oxygen atoms in total. The molecule has 2 saturated carbocycles. The van der Waals surface area contributed by atoms with Crippen molar-refractivity contribution in [3.63, 3.8) is 0 Å². The molecule has 0 aromatic carbocycles. The van der Waals surface area contributed by atoms with Gasteiger partial charge in [-0.25, -0.2) is 0 Å². The van der Waals surface area contributed by atoms with Crippen LogP contribution in [0.4, 0.5) is 0 Å². The molecule has 0 N–H and O–H groups in total. The third-order valence-corrected chi connectivity index (χ3v) is 6.76. The summed E-state index contributed by atoms with van der Waals surface area (Å²) in [6.45, 7) is 8.71. The lowest BCUT2D eigenvalue weighted by Gasteiger charge is -2.34. The van der Waals surface area contributed by atoms with E-state index >= 15 is 0 Å². The Hall–Kier alpha value is -0.890. The minimum Gasteiger partial charge on any atom is -0.360 e. The van der Waals surface area contributed by atoms with E-state index in [1.54, 1.807) is 22.3 Å². The smallest absolute Gasteiger partial charge is 0.350 e. The molecule has 2 heteroatoms. The highest BCUT2D eigenvalue weighted by Crippen LogP contribution is 2.63. The number of carbonyl (C=O) groups excluding carboxylic acids is 1. The minimum atomic E-state index is 0.258. The Morgan fingerprint density at radius 1 is 0.750 bits per heavy atom. The Morgan fingerprint density at radius 3 is 1.62 bits per heavy atom. The summed E-state index contributed by atoms with van der Waals surface area (Å²) in [6, 6.07) is 0. The number of allylic oxidation sites excluding steroid dienone is 2. The molecule has 0 saturated heterocycles. The van der Waals surface area contributed by atoms with Gasteiger partial charge in [-0.15, -0.1) is 0 Å². The SMILES string of the molecule is CC(C)O[C]1C2=C(C(=[O+]C(C)C)C3=C1[C@@H]1CC[C@H]3C1)[C@@H]1CC[C@H]2C1. The third-order valence-electron chi connectivity index (χ3n) is 6.76. The van der Waals surface area contributed by atoms with E-state index in [0.29, 0.717) is 0 Å². The van der Waals surface area contributed by atoms with Gasteiger partial charge in [0.1, 0.15) is 6.10 Å². The highest BCUT2D eigenvalue weighted by Gasteiger charge is 2.59. The van der Waals surface area contributed by atoms with Gasteiger partial charge >= 0.3 is 5.78 Å². The van der Waals surface area contributed by atoms with Gasteiger partial charge in [0.25, 0.3) is 6.10 Å². The number of ketones is 1. The number of hydrogen-bond donors (Lipinski definition) is 0. The van der Waals surface area contributed by atoms with E-state index in [2.05, 4.69) is 27.7 Å². The first-order valence-corrected chi connectivity index (χ1v) is 10.1. The normalized spacial score (nSPS) is 39.2. The average molecular weight is 326 g/mol. The standard InChI is InChI=1S/C22H30O2/c1-11(2)23-21-17-13-5-7-15(9-13)19(17)22(24-12(3)4)20-16-8-6-14(10-16)18(20)21/h11-16H,5-10H2,1-4H3/q+1/t13-,14+,15+,16-. The number of ether oxygens (including phenoxy) is 1. The lowest BCUT2D eigenvalue weighted by Crippen LogP contribution is -2.32. The summed E-state index contributed by atoms with van der Waals surface area (Å²) in [5.41, 5.74) is 6.23. The molecule has 4 atom stereocenters. The van der Waals surface area contributed by atoms with E-state index in [1.165, 1.54) is 50.4 Å². The van der Waals surface area contributed by atoms with Crippen LogP contribution in [-0.2, 0) is 9.16 Å². The first-order valence-electron chi connectivity index (χ1n) is 10.1. The summed E-state index contributed by atoms with van der Waals surface area (Å²) in [6.07, 6.45) is 9.86. The van der Waals surface area contributed by atoms with Crippen molar-refractivity contribution in [2.45, 2.75) is 78.4 Å². The zero-order chi connectivity index (χ0) is 16.6. The molecule has 2 fully saturated rings. The predicted octanol–water partition coefficient (Wildman–Crippen LogP) is 4.92. The largest absolute Gasteiger partial charge is 0.360 e. The van der Waals surface area contributed by atoms with Crippen LogP contribution in [0, 0.1) is 29.8 Å². The molecule has 24 heavy (non-hydrogen) atoms. The zero-order valence-corrected chi connectivity index (χ0v) is 15.5. The van der Waals surface area contributed by atoms with Crippen LogP contribution < -0.4 is 0 Å². The Labute approximate surface area is 146 Å². The first-order chi connectivity index (χ1) is 11.5. The van der Waals surface area contributed by atoms with E-state index < -0.39 is 0 Å². The molecule has 0 aromatic heterocycles. The van der Waals surface area contributed by atoms with Crippen molar-refractivity contribution in [3.05, 3.63) is 28.4 Å². The summed E-state index contributed by atoms with van der Waals surface area (Å²) < 4.78 is 13.0. The summed E-state index contributed by atoms with van der Waals surface area (Å²) in [5.74, 6) is 4.18. The van der Waals surface area contributed by atoms with Crippen LogP contribution in [0.1, 0.15) is 66.2 Å². The van der Waals surface area contributed by atoms with Crippen molar-refractivity contribution < 1.29 is 9.16 Å². The molecule has 0 spiro atoms. The van der Waals surface area contributed by atoms with Crippen molar-refractivity contribution in [1.29, 1.82) is 0 Å². The van der Waals surface area contributed by atoms with Crippen LogP contribution in [0.15, 0.2) is 22.3 Å². The van der Waals surface area contributed by atoms with Crippen molar-refractivity contribution >= 4 is 5.78 Å². The number of rotatable bonds is 3. The second kappa shape index (κ2) is 5.30. The molecule has 0 heterocycles. The molecular weight excluding hydrogens is 296 g/mol. The molecule has 0 aromatic rings. The maximum atomic E-state index is 6.51. The van der Waals surface area contributed by atoms with Gasteiger partial charge in [-0.3, -0.25) is 4.42 Å². The molecular formula is C22H30O2+. The van der Waals surface area contributed by atoms with Gasteiger partial charge in [-0.2, -0.15) is 0 Å². The molecule has 5 rings (SSSR count). The maximum Gasteiger partial charge on any atom is 0.350 e. The van der Waals surface area contributed by atoms with E-state index in [0.717, 1.165) is 23.7 Å². The lowest BCUT2D eigenvalue weighted by molar-refractivity contribution is -0.492. The van der Waals surface area contributed by atoms with Gasteiger partial charge in [0.2, 0.25) is 0 Å². The Bertz CT molecular complexity index is 617. The summed E-state index contributed by atoms with van der Waals surface area (Å²) >= 11 is 0. The Kier molecular flexibility index (Phi) is 3.40. The van der Waals surface area contributed by atoms with E-state index in [9.17, 15) is 0 Å². The lowest BCUT2D eigenvalue weighted by atomic mass is 9.72. The van der Waals surface area contributed by atoms with Crippen molar-refractivity contribution in [3.8, 4) is 0 Å². The van der Waals surface area contributed by atoms with Crippen molar-refractivity contribution in [1.82, 2.24) is 0 Å². The Balaban J connectivity index is 1.70. The van der Waals surface area contributed by atoms with E-state index in [1.807, 2.05) is 0 Å². The fourth-order valence-corrected chi connectivity index (χ4v) is 6.14. The van der Waals surface area contributed by atoms with Gasteiger partial charge in [-0.05, 0) is 87.2 Å².